The van der Waals surface area contributed by atoms with Crippen molar-refractivity contribution in [3.05, 3.63) is 98.4 Å². The highest BCUT2D eigenvalue weighted by Crippen LogP contribution is 2.43. The molecule has 1 aliphatic heterocycles. The third kappa shape index (κ3) is 3.43. The maximum Gasteiger partial charge on any atom is 0.295 e. The Balaban J connectivity index is 1.80. The van der Waals surface area contributed by atoms with Crippen molar-refractivity contribution >= 4 is 34.2 Å². The number of fused-ring (bicyclic) bond motifs is 2. The van der Waals surface area contributed by atoms with E-state index in [0.29, 0.717) is 33.8 Å². The van der Waals surface area contributed by atoms with Gasteiger partial charge in [0, 0.05) is 10.7 Å². The predicted molar refractivity (Wildman–Crippen MR) is 127 cm³/mol. The molecule has 7 heteroatoms. The summed E-state index contributed by atoms with van der Waals surface area (Å²) in [5.74, 6) is -0.178. The highest BCUT2D eigenvalue weighted by Gasteiger charge is 2.43. The lowest BCUT2D eigenvalue weighted by Crippen LogP contribution is -2.29. The van der Waals surface area contributed by atoms with Crippen molar-refractivity contribution in [1.29, 1.82) is 0 Å². The highest BCUT2D eigenvalue weighted by molar-refractivity contribution is 6.31. The lowest BCUT2D eigenvalue weighted by Gasteiger charge is -2.26. The first-order chi connectivity index (χ1) is 15.9. The standard InChI is InChI=1S/C26H20ClNO5/c1-3-32-21-12-15(6-10-19(21)29)23-22-24(30)18-13-16(27)7-11-20(18)33-25(22)26(31)28(23)17-8-4-14(2)5-9-17/h4-13,23,29H,3H2,1-2H3. The molecule has 1 aliphatic rings. The van der Waals surface area contributed by atoms with E-state index in [0.717, 1.165) is 5.56 Å². The molecule has 0 spiro atoms. The van der Waals surface area contributed by atoms with Gasteiger partial charge in [-0.25, -0.2) is 0 Å². The van der Waals surface area contributed by atoms with Crippen molar-refractivity contribution in [2.75, 3.05) is 11.5 Å². The first-order valence-electron chi connectivity index (χ1n) is 10.5. The fourth-order valence-electron chi connectivity index (χ4n) is 4.20. The molecule has 0 saturated heterocycles. The van der Waals surface area contributed by atoms with Crippen LogP contribution < -0.4 is 15.1 Å². The van der Waals surface area contributed by atoms with Crippen molar-refractivity contribution in [1.82, 2.24) is 0 Å². The number of phenolic OH excluding ortho intramolecular Hbond substituents is 1. The molecule has 3 aromatic carbocycles. The van der Waals surface area contributed by atoms with Crippen LogP contribution in [0.5, 0.6) is 11.5 Å². The summed E-state index contributed by atoms with van der Waals surface area (Å²) in [6, 6.07) is 16.3. The number of ether oxygens (including phenoxy) is 1. The summed E-state index contributed by atoms with van der Waals surface area (Å²) < 4.78 is 11.5. The number of nitrogens with zero attached hydrogens (tertiary/aromatic N) is 1. The number of amides is 1. The second-order valence-corrected chi connectivity index (χ2v) is 8.32. The number of rotatable bonds is 4. The minimum Gasteiger partial charge on any atom is -0.504 e. The second-order valence-electron chi connectivity index (χ2n) is 7.89. The van der Waals surface area contributed by atoms with Crippen LogP contribution in [0.2, 0.25) is 5.02 Å². The van der Waals surface area contributed by atoms with Gasteiger partial charge in [-0.15, -0.1) is 0 Å². The molecule has 5 rings (SSSR count). The summed E-state index contributed by atoms with van der Waals surface area (Å²) in [7, 11) is 0. The van der Waals surface area contributed by atoms with Gasteiger partial charge >= 0.3 is 0 Å². The minimum absolute atomic E-state index is 0.00793. The van der Waals surface area contributed by atoms with Crippen LogP contribution in [0.4, 0.5) is 5.69 Å². The molecule has 166 valence electrons. The number of hydrogen-bond acceptors (Lipinski definition) is 5. The number of hydrogen-bond donors (Lipinski definition) is 1. The van der Waals surface area contributed by atoms with Gasteiger partial charge in [0.2, 0.25) is 5.76 Å². The Morgan fingerprint density at radius 3 is 2.55 bits per heavy atom. The van der Waals surface area contributed by atoms with E-state index in [1.165, 1.54) is 11.0 Å². The molecule has 0 saturated carbocycles. The molecule has 33 heavy (non-hydrogen) atoms. The number of phenols is 1. The molecule has 0 aliphatic carbocycles. The molecule has 1 aromatic heterocycles. The van der Waals surface area contributed by atoms with Crippen LogP contribution in [-0.4, -0.2) is 17.6 Å². The fourth-order valence-corrected chi connectivity index (χ4v) is 4.38. The minimum atomic E-state index is -0.769. The van der Waals surface area contributed by atoms with E-state index in [1.54, 1.807) is 30.3 Å². The first-order valence-corrected chi connectivity index (χ1v) is 10.9. The van der Waals surface area contributed by atoms with E-state index >= 15 is 0 Å². The molecule has 1 N–H and O–H groups in total. The van der Waals surface area contributed by atoms with Crippen LogP contribution in [0.25, 0.3) is 11.0 Å². The number of carbonyl (C=O) groups is 1. The number of benzene rings is 3. The number of anilines is 1. The zero-order chi connectivity index (χ0) is 23.3. The van der Waals surface area contributed by atoms with Gasteiger partial charge in [-0.2, -0.15) is 0 Å². The zero-order valence-electron chi connectivity index (χ0n) is 18.0. The Morgan fingerprint density at radius 1 is 1.06 bits per heavy atom. The summed E-state index contributed by atoms with van der Waals surface area (Å²) in [5, 5.41) is 10.9. The summed E-state index contributed by atoms with van der Waals surface area (Å²) in [4.78, 5) is 28.8. The van der Waals surface area contributed by atoms with Gasteiger partial charge in [0.15, 0.2) is 16.9 Å². The third-order valence-electron chi connectivity index (χ3n) is 5.74. The second kappa shape index (κ2) is 7.98. The summed E-state index contributed by atoms with van der Waals surface area (Å²) in [6.45, 7) is 4.12. The zero-order valence-corrected chi connectivity index (χ0v) is 18.7. The Hall–Kier alpha value is -3.77. The molecule has 0 bridgehead atoms. The molecule has 6 nitrogen and oxygen atoms in total. The van der Waals surface area contributed by atoms with Crippen LogP contribution >= 0.6 is 11.6 Å². The Kier molecular flexibility index (Phi) is 5.10. The van der Waals surface area contributed by atoms with Gasteiger partial charge in [-0.05, 0) is 61.9 Å². The average molecular weight is 462 g/mol. The molecule has 2 heterocycles. The summed E-state index contributed by atoms with van der Waals surface area (Å²) in [6.07, 6.45) is 0. The van der Waals surface area contributed by atoms with Crippen LogP contribution in [0, 0.1) is 6.92 Å². The van der Waals surface area contributed by atoms with Gasteiger partial charge in [0.05, 0.1) is 23.6 Å². The fraction of sp³-hybridized carbons (Fsp3) is 0.154. The first kappa shape index (κ1) is 21.1. The Morgan fingerprint density at radius 2 is 1.82 bits per heavy atom. The van der Waals surface area contributed by atoms with E-state index < -0.39 is 11.9 Å². The van der Waals surface area contributed by atoms with E-state index in [1.807, 2.05) is 38.1 Å². The van der Waals surface area contributed by atoms with Crippen molar-refractivity contribution in [2.24, 2.45) is 0 Å². The van der Waals surface area contributed by atoms with E-state index in [-0.39, 0.29) is 28.3 Å². The SMILES string of the molecule is CCOc1cc(C2c3c(oc4ccc(Cl)cc4c3=O)C(=O)N2c2ccc(C)cc2)ccc1O. The monoisotopic (exact) mass is 461 g/mol. The molecule has 1 unspecified atom stereocenters. The van der Waals surface area contributed by atoms with Crippen LogP contribution in [0.1, 0.15) is 40.2 Å². The molecular formula is C26H20ClNO5. The molecule has 1 atom stereocenters. The van der Waals surface area contributed by atoms with Crippen LogP contribution in [0.3, 0.4) is 0 Å². The van der Waals surface area contributed by atoms with E-state index in [9.17, 15) is 14.7 Å². The maximum absolute atomic E-state index is 13.6. The Labute approximate surface area is 194 Å². The molecule has 0 radical (unpaired) electrons. The number of aryl methyl sites for hydroxylation is 1. The smallest absolute Gasteiger partial charge is 0.295 e. The lowest BCUT2D eigenvalue weighted by molar-refractivity contribution is 0.0971. The average Bonchev–Trinajstić information content (AvgIpc) is 3.09. The van der Waals surface area contributed by atoms with Gasteiger partial charge in [0.1, 0.15) is 5.58 Å². The third-order valence-corrected chi connectivity index (χ3v) is 5.98. The highest BCUT2D eigenvalue weighted by atomic mass is 35.5. The van der Waals surface area contributed by atoms with Gasteiger partial charge in [-0.1, -0.05) is 35.4 Å². The maximum atomic E-state index is 13.6. The molecular weight excluding hydrogens is 442 g/mol. The molecule has 1 amide bonds. The van der Waals surface area contributed by atoms with Crippen molar-refractivity contribution in [3.63, 3.8) is 0 Å². The molecule has 0 fully saturated rings. The van der Waals surface area contributed by atoms with Crippen molar-refractivity contribution in [2.45, 2.75) is 19.9 Å². The number of carbonyl (C=O) groups excluding carboxylic acids is 1. The van der Waals surface area contributed by atoms with Crippen LogP contribution in [0.15, 0.2) is 69.9 Å². The largest absolute Gasteiger partial charge is 0.504 e. The van der Waals surface area contributed by atoms with Crippen LogP contribution in [-0.2, 0) is 0 Å². The van der Waals surface area contributed by atoms with Gasteiger partial charge < -0.3 is 14.3 Å². The predicted octanol–water partition coefficient (Wildman–Crippen LogP) is 5.61. The number of aromatic hydroxyl groups is 1. The van der Waals surface area contributed by atoms with E-state index in [2.05, 4.69) is 0 Å². The number of halogens is 1. The normalized spacial score (nSPS) is 15.2. The summed E-state index contributed by atoms with van der Waals surface area (Å²) in [5.41, 5.74) is 2.46. The summed E-state index contributed by atoms with van der Waals surface area (Å²) >= 11 is 6.13. The van der Waals surface area contributed by atoms with Crippen molar-refractivity contribution in [3.8, 4) is 11.5 Å². The van der Waals surface area contributed by atoms with Gasteiger partial charge in [0.25, 0.3) is 5.91 Å². The molecule has 4 aromatic rings. The van der Waals surface area contributed by atoms with Gasteiger partial charge in [-0.3, -0.25) is 14.5 Å². The van der Waals surface area contributed by atoms with Crippen molar-refractivity contribution < 1.29 is 19.1 Å². The quantitative estimate of drug-likeness (QED) is 0.427. The lowest BCUT2D eigenvalue weighted by atomic mass is 9.97. The van der Waals surface area contributed by atoms with E-state index in [4.69, 9.17) is 20.8 Å². The Bertz CT molecular complexity index is 1460. The topological polar surface area (TPSA) is 80.0 Å².